The van der Waals surface area contributed by atoms with Gasteiger partial charge in [-0.25, -0.2) is 0 Å². The standard InChI is InChI=1S/C8H20P.C5H6O2.CH2O2/c1-5-9(6-2,7-3)8-4;6-4-5-2-1-3-7-5;2-1-3/h5-8H2,1-4H3;1-3,6H,4H2;1H,(H,2,3)/q+1;;/p-1. The van der Waals surface area contributed by atoms with E-state index in [0.29, 0.717) is 5.76 Å². The first-order valence-electron chi connectivity index (χ1n) is 6.63. The minimum absolute atomic E-state index is 0.00694. The van der Waals surface area contributed by atoms with Crippen LogP contribution in [0.15, 0.2) is 22.8 Å². The number of carbonyl (C=O) groups is 1. The van der Waals surface area contributed by atoms with Gasteiger partial charge < -0.3 is 19.4 Å². The average Bonchev–Trinajstić information content (AvgIpc) is 2.97. The van der Waals surface area contributed by atoms with Gasteiger partial charge in [-0.2, -0.15) is 0 Å². The Balaban J connectivity index is 0. The molecule has 0 spiro atoms. The summed E-state index contributed by atoms with van der Waals surface area (Å²) in [6.07, 6.45) is 7.35. The molecule has 0 aromatic carbocycles. The third kappa shape index (κ3) is 9.69. The van der Waals surface area contributed by atoms with Crippen LogP contribution in [0.3, 0.4) is 0 Å². The summed E-state index contributed by atoms with van der Waals surface area (Å²) in [6.45, 7) is 8.90. The molecule has 1 aromatic rings. The van der Waals surface area contributed by atoms with Crippen LogP contribution in [0.5, 0.6) is 0 Å². The molecule has 0 bridgehead atoms. The highest BCUT2D eigenvalue weighted by molar-refractivity contribution is 7.75. The summed E-state index contributed by atoms with van der Waals surface area (Å²) in [7, 11) is -0.420. The molecule has 0 aliphatic rings. The lowest BCUT2D eigenvalue weighted by molar-refractivity contribution is -0.283. The molecule has 19 heavy (non-hydrogen) atoms. The quantitative estimate of drug-likeness (QED) is 0.666. The maximum absolute atomic E-state index is 8.33. The molecule has 0 saturated carbocycles. The maximum atomic E-state index is 8.33. The Morgan fingerprint density at radius 2 is 1.63 bits per heavy atom. The van der Waals surface area contributed by atoms with Crippen molar-refractivity contribution in [2.75, 3.05) is 24.6 Å². The molecule has 0 fully saturated rings. The van der Waals surface area contributed by atoms with Crippen LogP contribution in [-0.2, 0) is 11.4 Å². The molecule has 112 valence electrons. The SMILES string of the molecule is CC[P+](CC)(CC)CC.O=C[O-].OCc1ccco1. The molecule has 1 rings (SSSR count). The number of aliphatic hydroxyl groups excluding tert-OH is 1. The van der Waals surface area contributed by atoms with Gasteiger partial charge in [-0.3, -0.25) is 0 Å². The van der Waals surface area contributed by atoms with Crippen molar-refractivity contribution in [2.24, 2.45) is 0 Å². The van der Waals surface area contributed by atoms with Gasteiger partial charge in [-0.1, -0.05) is 0 Å². The van der Waals surface area contributed by atoms with Crippen molar-refractivity contribution in [1.29, 1.82) is 0 Å². The van der Waals surface area contributed by atoms with E-state index in [4.69, 9.17) is 19.4 Å². The Bertz CT molecular complexity index is 264. The number of carboxylic acid groups (broad SMARTS) is 1. The fourth-order valence-electron chi connectivity index (χ4n) is 1.74. The van der Waals surface area contributed by atoms with E-state index in [0.717, 1.165) is 0 Å². The van der Waals surface area contributed by atoms with Gasteiger partial charge in [0.1, 0.15) is 12.4 Å². The van der Waals surface area contributed by atoms with Crippen LogP contribution in [0.1, 0.15) is 33.5 Å². The Hall–Kier alpha value is -0.860. The summed E-state index contributed by atoms with van der Waals surface area (Å²) < 4.78 is 4.73. The summed E-state index contributed by atoms with van der Waals surface area (Å²) >= 11 is 0. The lowest BCUT2D eigenvalue weighted by Gasteiger charge is -2.20. The number of hydrogen-bond donors (Lipinski definition) is 1. The van der Waals surface area contributed by atoms with Crippen LogP contribution >= 0.6 is 7.26 Å². The van der Waals surface area contributed by atoms with Crippen LogP contribution in [-0.4, -0.2) is 36.2 Å². The van der Waals surface area contributed by atoms with E-state index < -0.39 is 13.7 Å². The lowest BCUT2D eigenvalue weighted by Crippen LogP contribution is -2.04. The predicted molar refractivity (Wildman–Crippen MR) is 79.8 cm³/mol. The van der Waals surface area contributed by atoms with E-state index in [1.165, 1.54) is 30.9 Å². The molecule has 0 saturated heterocycles. The van der Waals surface area contributed by atoms with Gasteiger partial charge >= 0.3 is 0 Å². The van der Waals surface area contributed by atoms with Gasteiger partial charge in [0.2, 0.25) is 0 Å². The van der Waals surface area contributed by atoms with Crippen LogP contribution in [0.25, 0.3) is 0 Å². The molecule has 0 radical (unpaired) electrons. The van der Waals surface area contributed by atoms with Crippen molar-refractivity contribution in [3.8, 4) is 0 Å². The van der Waals surface area contributed by atoms with Crippen molar-refractivity contribution in [3.63, 3.8) is 0 Å². The zero-order valence-corrected chi connectivity index (χ0v) is 13.4. The molecule has 0 aliphatic carbocycles. The summed E-state index contributed by atoms with van der Waals surface area (Å²) in [6, 6.07) is 3.46. The molecule has 0 amide bonds. The summed E-state index contributed by atoms with van der Waals surface area (Å²) in [5, 5.41) is 16.6. The van der Waals surface area contributed by atoms with E-state index >= 15 is 0 Å². The normalized spacial score (nSPS) is 9.74. The Kier molecular flexibility index (Phi) is 14.6. The minimum atomic E-state index is -0.500. The van der Waals surface area contributed by atoms with Crippen LogP contribution in [0, 0.1) is 0 Å². The number of hydrogen-bond acceptors (Lipinski definition) is 4. The number of furan rings is 1. The predicted octanol–water partition coefficient (Wildman–Crippen LogP) is 2.22. The molecule has 1 N–H and O–H groups in total. The molecule has 5 heteroatoms. The molecular formula is C14H27O4P. The fraction of sp³-hybridized carbons (Fsp3) is 0.643. The highest BCUT2D eigenvalue weighted by Gasteiger charge is 2.27. The molecular weight excluding hydrogens is 263 g/mol. The Morgan fingerprint density at radius 3 is 1.74 bits per heavy atom. The van der Waals surface area contributed by atoms with Gasteiger partial charge in [0.25, 0.3) is 0 Å². The Morgan fingerprint density at radius 1 is 1.21 bits per heavy atom. The molecule has 0 unspecified atom stereocenters. The van der Waals surface area contributed by atoms with Crippen LogP contribution in [0.4, 0.5) is 0 Å². The van der Waals surface area contributed by atoms with Gasteiger partial charge in [0, 0.05) is 13.7 Å². The largest absolute Gasteiger partial charge is 0.554 e. The first kappa shape index (κ1) is 20.5. The zero-order chi connectivity index (χ0) is 15.1. The molecule has 1 aromatic heterocycles. The lowest BCUT2D eigenvalue weighted by atomic mass is 10.5. The highest BCUT2D eigenvalue weighted by Crippen LogP contribution is 2.57. The third-order valence-corrected chi connectivity index (χ3v) is 8.79. The third-order valence-electron chi connectivity index (χ3n) is 3.42. The summed E-state index contributed by atoms with van der Waals surface area (Å²) in [5.74, 6) is 0.611. The van der Waals surface area contributed by atoms with Crippen molar-refractivity contribution in [3.05, 3.63) is 24.2 Å². The summed E-state index contributed by atoms with van der Waals surface area (Å²) in [5.41, 5.74) is 0. The van der Waals surface area contributed by atoms with Crippen molar-refractivity contribution < 1.29 is 19.4 Å². The summed E-state index contributed by atoms with van der Waals surface area (Å²) in [4.78, 5) is 8.25. The van der Waals surface area contributed by atoms with Gasteiger partial charge in [0.15, 0.2) is 0 Å². The van der Waals surface area contributed by atoms with E-state index in [-0.39, 0.29) is 6.61 Å². The number of aliphatic hydroxyl groups is 1. The smallest absolute Gasteiger partial charge is 0.129 e. The monoisotopic (exact) mass is 290 g/mol. The highest BCUT2D eigenvalue weighted by atomic mass is 31.2. The second kappa shape index (κ2) is 13.6. The van der Waals surface area contributed by atoms with Crippen molar-refractivity contribution in [1.82, 2.24) is 0 Å². The first-order chi connectivity index (χ1) is 9.09. The molecule has 4 nitrogen and oxygen atoms in total. The van der Waals surface area contributed by atoms with Crippen LogP contribution in [0.2, 0.25) is 0 Å². The van der Waals surface area contributed by atoms with Gasteiger partial charge in [-0.15, -0.1) is 0 Å². The van der Waals surface area contributed by atoms with E-state index in [1.807, 2.05) is 0 Å². The van der Waals surface area contributed by atoms with Crippen molar-refractivity contribution >= 4 is 13.7 Å². The van der Waals surface area contributed by atoms with E-state index in [2.05, 4.69) is 27.7 Å². The Labute approximate surface area is 117 Å². The zero-order valence-electron chi connectivity index (χ0n) is 12.5. The van der Waals surface area contributed by atoms with Gasteiger partial charge in [0.05, 0.1) is 30.9 Å². The maximum Gasteiger partial charge on any atom is 0.129 e. The number of rotatable bonds is 5. The molecule has 0 atom stereocenters. The van der Waals surface area contributed by atoms with Gasteiger partial charge in [-0.05, 0) is 39.8 Å². The number of carbonyl (C=O) groups excluding carboxylic acids is 1. The molecule has 1 heterocycles. The molecule has 0 aliphatic heterocycles. The fourth-order valence-corrected chi connectivity index (χ4v) is 4.43. The van der Waals surface area contributed by atoms with Crippen LogP contribution < -0.4 is 5.11 Å². The second-order valence-electron chi connectivity index (χ2n) is 3.94. The van der Waals surface area contributed by atoms with Crippen molar-refractivity contribution in [2.45, 2.75) is 34.3 Å². The average molecular weight is 290 g/mol. The second-order valence-corrected chi connectivity index (χ2v) is 9.15. The topological polar surface area (TPSA) is 73.5 Å². The van der Waals surface area contributed by atoms with E-state index in [1.54, 1.807) is 12.1 Å². The minimum Gasteiger partial charge on any atom is -0.554 e. The first-order valence-corrected chi connectivity index (χ1v) is 9.16. The van der Waals surface area contributed by atoms with E-state index in [9.17, 15) is 0 Å².